The van der Waals surface area contributed by atoms with Crippen molar-refractivity contribution in [3.63, 3.8) is 0 Å². The van der Waals surface area contributed by atoms with E-state index in [-0.39, 0.29) is 18.9 Å². The first-order valence-electron chi connectivity index (χ1n) is 1.28. The molecular formula is C2H2BLiO2. The first-order chi connectivity index (χ1) is 2.50. The van der Waals surface area contributed by atoms with Gasteiger partial charge in [-0.25, -0.2) is 0 Å². The smallest absolute Gasteiger partial charge is 0.729 e. The molecule has 0 saturated carbocycles. The Labute approximate surface area is 49.0 Å². The van der Waals surface area contributed by atoms with E-state index in [1.54, 1.807) is 0 Å². The van der Waals surface area contributed by atoms with Gasteiger partial charge in [0.15, 0.2) is 0 Å². The van der Waals surface area contributed by atoms with Gasteiger partial charge in [-0.3, -0.25) is 0 Å². The van der Waals surface area contributed by atoms with Crippen LogP contribution in [-0.4, -0.2) is 7.69 Å². The molecule has 0 N–H and O–H groups in total. The summed E-state index contributed by atoms with van der Waals surface area (Å²) in [6, 6.07) is 0. The van der Waals surface area contributed by atoms with Crippen molar-refractivity contribution in [2.75, 3.05) is 0 Å². The fraction of sp³-hybridized carbons (Fsp3) is 0. The number of hydrogen-bond donors (Lipinski definition) is 0. The second-order valence-corrected chi connectivity index (χ2v) is 0.641. The molecule has 0 aromatic heterocycles. The van der Waals surface area contributed by atoms with Gasteiger partial charge in [-0.15, -0.1) is 0 Å². The van der Waals surface area contributed by atoms with Crippen molar-refractivity contribution in [2.24, 2.45) is 0 Å². The molecule has 2 nitrogen and oxygen atoms in total. The molecule has 1 heterocycles. The zero-order chi connectivity index (χ0) is 3.54. The van der Waals surface area contributed by atoms with Gasteiger partial charge in [0.05, 0.1) is 12.5 Å². The van der Waals surface area contributed by atoms with Crippen LogP contribution in [0.1, 0.15) is 0 Å². The van der Waals surface area contributed by atoms with Crippen LogP contribution in [-0.2, 0) is 9.31 Å². The van der Waals surface area contributed by atoms with Gasteiger partial charge < -0.3 is 9.31 Å². The maximum absolute atomic E-state index is 4.42. The van der Waals surface area contributed by atoms with Gasteiger partial charge in [-0.05, 0) is 0 Å². The minimum atomic E-state index is 0. The first-order valence-corrected chi connectivity index (χ1v) is 1.28. The van der Waals surface area contributed by atoms with Gasteiger partial charge >= 0.3 is 18.9 Å². The SMILES string of the molecule is [B-]1OC=CO1.[Li+]. The van der Waals surface area contributed by atoms with Crippen LogP contribution >= 0.6 is 0 Å². The second kappa shape index (κ2) is 3.20. The molecule has 0 atom stereocenters. The fourth-order valence-electron chi connectivity index (χ4n) is 0.160. The van der Waals surface area contributed by atoms with Crippen molar-refractivity contribution < 1.29 is 28.2 Å². The molecule has 0 saturated heterocycles. The fourth-order valence-corrected chi connectivity index (χ4v) is 0.160. The van der Waals surface area contributed by atoms with E-state index < -0.39 is 0 Å². The zero-order valence-corrected chi connectivity index (χ0v) is 3.55. The van der Waals surface area contributed by atoms with Gasteiger partial charge in [0.1, 0.15) is 7.69 Å². The van der Waals surface area contributed by atoms with E-state index >= 15 is 0 Å². The summed E-state index contributed by atoms with van der Waals surface area (Å²) < 4.78 is 8.83. The van der Waals surface area contributed by atoms with Crippen molar-refractivity contribution in [3.05, 3.63) is 12.5 Å². The Morgan fingerprint density at radius 3 is 1.83 bits per heavy atom. The Morgan fingerprint density at radius 2 is 1.67 bits per heavy atom. The third-order valence-corrected chi connectivity index (χ3v) is 0.324. The van der Waals surface area contributed by atoms with E-state index in [0.717, 1.165) is 0 Å². The van der Waals surface area contributed by atoms with E-state index in [2.05, 4.69) is 9.31 Å². The van der Waals surface area contributed by atoms with Gasteiger partial charge in [0, 0.05) is 0 Å². The Bertz CT molecular complexity index is 49.5. The molecule has 0 aromatic carbocycles. The molecule has 4 heteroatoms. The van der Waals surface area contributed by atoms with Crippen molar-refractivity contribution in [3.8, 4) is 0 Å². The minimum absolute atomic E-state index is 0. The molecule has 2 radical (unpaired) electrons. The van der Waals surface area contributed by atoms with E-state index in [1.165, 1.54) is 20.2 Å². The number of rotatable bonds is 0. The molecule has 0 amide bonds. The summed E-state index contributed by atoms with van der Waals surface area (Å²) in [5, 5.41) is 0. The van der Waals surface area contributed by atoms with Crippen molar-refractivity contribution in [1.29, 1.82) is 0 Å². The standard InChI is InChI=1S/C2H2BO2.Li/c1-2-5-3-4-1;/h1-2H;/q-1;+1. The molecule has 0 spiro atoms. The van der Waals surface area contributed by atoms with Crippen LogP contribution in [0, 0.1) is 0 Å². The normalized spacial score (nSPS) is 14.7. The Balaban J connectivity index is 0.000000250. The van der Waals surface area contributed by atoms with Crippen LogP contribution in [0.25, 0.3) is 0 Å². The second-order valence-electron chi connectivity index (χ2n) is 0.641. The van der Waals surface area contributed by atoms with Gasteiger partial charge in [-0.2, -0.15) is 0 Å². The summed E-state index contributed by atoms with van der Waals surface area (Å²) in [5.74, 6) is 0. The summed E-state index contributed by atoms with van der Waals surface area (Å²) in [5.41, 5.74) is 0. The monoisotopic (exact) mass is 76.0 g/mol. The Kier molecular flexibility index (Phi) is 3.20. The largest absolute Gasteiger partial charge is 1.00 e. The molecule has 0 fully saturated rings. The van der Waals surface area contributed by atoms with Crippen LogP contribution in [0.3, 0.4) is 0 Å². The molecule has 26 valence electrons. The number of hydrogen-bond acceptors (Lipinski definition) is 2. The quantitative estimate of drug-likeness (QED) is 0.287. The maximum atomic E-state index is 4.42. The van der Waals surface area contributed by atoms with Crippen LogP contribution in [0.4, 0.5) is 0 Å². The third-order valence-electron chi connectivity index (χ3n) is 0.324. The van der Waals surface area contributed by atoms with Gasteiger partial charge in [0.25, 0.3) is 0 Å². The van der Waals surface area contributed by atoms with Crippen molar-refractivity contribution in [1.82, 2.24) is 0 Å². The van der Waals surface area contributed by atoms with E-state index in [4.69, 9.17) is 0 Å². The third kappa shape index (κ3) is 1.44. The van der Waals surface area contributed by atoms with Crippen LogP contribution in [0.2, 0.25) is 0 Å². The predicted octanol–water partition coefficient (Wildman–Crippen LogP) is -2.96. The van der Waals surface area contributed by atoms with Crippen LogP contribution < -0.4 is 18.9 Å². The zero-order valence-electron chi connectivity index (χ0n) is 3.55. The van der Waals surface area contributed by atoms with Crippen LogP contribution in [0.15, 0.2) is 12.5 Å². The Hall–Kier alpha value is 0.00234. The van der Waals surface area contributed by atoms with Gasteiger partial charge in [0.2, 0.25) is 0 Å². The topological polar surface area (TPSA) is 18.5 Å². The summed E-state index contributed by atoms with van der Waals surface area (Å²) in [7, 11) is 1.25. The summed E-state index contributed by atoms with van der Waals surface area (Å²) in [4.78, 5) is 0. The average molecular weight is 75.8 g/mol. The van der Waals surface area contributed by atoms with E-state index in [9.17, 15) is 0 Å². The molecule has 1 aliphatic heterocycles. The molecule has 1 aliphatic rings. The minimum Gasteiger partial charge on any atom is -0.729 e. The average Bonchev–Trinajstić information content (AvgIpc) is 1.76. The van der Waals surface area contributed by atoms with Gasteiger partial charge in [-0.1, -0.05) is 0 Å². The van der Waals surface area contributed by atoms with E-state index in [1.807, 2.05) is 0 Å². The van der Waals surface area contributed by atoms with Crippen LogP contribution in [0.5, 0.6) is 0 Å². The van der Waals surface area contributed by atoms with E-state index in [0.29, 0.717) is 0 Å². The predicted molar refractivity (Wildman–Crippen MR) is 17.1 cm³/mol. The summed E-state index contributed by atoms with van der Waals surface area (Å²) >= 11 is 0. The summed E-state index contributed by atoms with van der Waals surface area (Å²) in [6.45, 7) is 0. The molecular weight excluding hydrogens is 73.8 g/mol. The molecule has 0 aromatic rings. The molecule has 0 bridgehead atoms. The molecule has 0 aliphatic carbocycles. The Morgan fingerprint density at radius 1 is 1.17 bits per heavy atom. The summed E-state index contributed by atoms with van der Waals surface area (Å²) in [6.07, 6.45) is 2.92. The molecule has 1 rings (SSSR count). The molecule has 0 unspecified atom stereocenters. The first kappa shape index (κ1) is 6.00. The maximum Gasteiger partial charge on any atom is 1.00 e. The molecule has 6 heavy (non-hydrogen) atoms. The van der Waals surface area contributed by atoms with Crippen molar-refractivity contribution >= 4 is 7.69 Å². The van der Waals surface area contributed by atoms with Crippen molar-refractivity contribution in [2.45, 2.75) is 0 Å².